The van der Waals surface area contributed by atoms with Crippen molar-refractivity contribution in [2.45, 2.75) is 19.1 Å². The van der Waals surface area contributed by atoms with Gasteiger partial charge < -0.3 is 14.2 Å². The molecule has 1 aromatic heterocycles. The van der Waals surface area contributed by atoms with Gasteiger partial charge in [-0.2, -0.15) is 0 Å². The highest BCUT2D eigenvalue weighted by Crippen LogP contribution is 2.26. The summed E-state index contributed by atoms with van der Waals surface area (Å²) in [5.74, 6) is -1.77. The van der Waals surface area contributed by atoms with Crippen LogP contribution < -0.4 is 0 Å². The number of ether oxygens (including phenoxy) is 3. The molecule has 2 aromatic carbocycles. The van der Waals surface area contributed by atoms with E-state index in [-0.39, 0.29) is 5.69 Å². The second kappa shape index (κ2) is 11.2. The van der Waals surface area contributed by atoms with Gasteiger partial charge in [0.1, 0.15) is 11.8 Å². The van der Waals surface area contributed by atoms with Crippen molar-refractivity contribution in [3.63, 3.8) is 0 Å². The Morgan fingerprint density at radius 3 is 1.73 bits per heavy atom. The van der Waals surface area contributed by atoms with Crippen LogP contribution in [-0.4, -0.2) is 36.1 Å². The van der Waals surface area contributed by atoms with Crippen LogP contribution in [0.5, 0.6) is 0 Å². The molecule has 1 heterocycles. The first-order valence-electron chi connectivity index (χ1n) is 9.76. The minimum Gasteiger partial charge on any atom is -0.464 e. The molecule has 170 valence electrons. The zero-order valence-electron chi connectivity index (χ0n) is 17.7. The van der Waals surface area contributed by atoms with Gasteiger partial charge in [0.15, 0.2) is 6.10 Å². The highest BCUT2D eigenvalue weighted by molar-refractivity contribution is 9.10. The van der Waals surface area contributed by atoms with Crippen LogP contribution >= 0.6 is 31.9 Å². The van der Waals surface area contributed by atoms with Gasteiger partial charge in [0.2, 0.25) is 0 Å². The molecule has 0 amide bonds. The molecule has 0 N–H and O–H groups in total. The Kier molecular flexibility index (Phi) is 8.35. The average molecular weight is 577 g/mol. The fourth-order valence-electron chi connectivity index (χ4n) is 2.89. The van der Waals surface area contributed by atoms with Crippen molar-refractivity contribution in [1.82, 2.24) is 4.98 Å². The molecule has 0 aliphatic rings. The standard InChI is InChI=1S/C24H19Br2NO6/c1-14(32-22(28)15-3-8-18(25)9-4-15)21(17-7-12-20(27-13-17)24(30)31-2)33-23(29)16-5-10-19(26)11-6-16/h3-14,21H,1-2H3. The summed E-state index contributed by atoms with van der Waals surface area (Å²) in [6.45, 7) is 1.62. The van der Waals surface area contributed by atoms with Crippen LogP contribution in [0.1, 0.15) is 49.8 Å². The van der Waals surface area contributed by atoms with E-state index < -0.39 is 30.1 Å². The van der Waals surface area contributed by atoms with Gasteiger partial charge in [-0.05, 0) is 61.5 Å². The lowest BCUT2D eigenvalue weighted by Gasteiger charge is -2.24. The summed E-state index contributed by atoms with van der Waals surface area (Å²) >= 11 is 6.65. The van der Waals surface area contributed by atoms with E-state index in [0.717, 1.165) is 8.95 Å². The van der Waals surface area contributed by atoms with Crippen molar-refractivity contribution in [2.24, 2.45) is 0 Å². The van der Waals surface area contributed by atoms with E-state index in [1.54, 1.807) is 61.5 Å². The third kappa shape index (κ3) is 6.49. The number of hydrogen-bond acceptors (Lipinski definition) is 7. The monoisotopic (exact) mass is 575 g/mol. The first-order valence-corrected chi connectivity index (χ1v) is 11.3. The van der Waals surface area contributed by atoms with Gasteiger partial charge in [0.05, 0.1) is 18.2 Å². The molecule has 3 aromatic rings. The number of pyridine rings is 1. The maximum absolute atomic E-state index is 12.8. The van der Waals surface area contributed by atoms with Crippen LogP contribution in [0, 0.1) is 0 Å². The van der Waals surface area contributed by atoms with E-state index in [1.165, 1.54) is 19.4 Å². The van der Waals surface area contributed by atoms with E-state index in [2.05, 4.69) is 41.6 Å². The molecule has 0 bridgehead atoms. The Morgan fingerprint density at radius 2 is 1.27 bits per heavy atom. The molecule has 0 aliphatic carbocycles. The summed E-state index contributed by atoms with van der Waals surface area (Å²) in [5, 5.41) is 0. The number of aromatic nitrogens is 1. The second-order valence-electron chi connectivity index (χ2n) is 6.92. The van der Waals surface area contributed by atoms with Crippen LogP contribution in [0.3, 0.4) is 0 Å². The fourth-order valence-corrected chi connectivity index (χ4v) is 3.42. The van der Waals surface area contributed by atoms with Crippen molar-refractivity contribution in [2.75, 3.05) is 7.11 Å². The second-order valence-corrected chi connectivity index (χ2v) is 8.75. The molecule has 0 aliphatic heterocycles. The summed E-state index contributed by atoms with van der Waals surface area (Å²) in [6.07, 6.45) is -0.443. The maximum Gasteiger partial charge on any atom is 0.356 e. The molecular weight excluding hydrogens is 558 g/mol. The van der Waals surface area contributed by atoms with Crippen LogP contribution in [0.25, 0.3) is 0 Å². The Hall–Kier alpha value is -3.04. The molecule has 0 spiro atoms. The average Bonchev–Trinajstić information content (AvgIpc) is 2.82. The van der Waals surface area contributed by atoms with E-state index in [1.807, 2.05) is 0 Å². The molecule has 9 heteroatoms. The number of benzene rings is 2. The molecular formula is C24H19Br2NO6. The van der Waals surface area contributed by atoms with Crippen molar-refractivity contribution >= 4 is 49.8 Å². The number of carbonyl (C=O) groups is 3. The quantitative estimate of drug-likeness (QED) is 0.269. The molecule has 0 fully saturated rings. The summed E-state index contributed by atoms with van der Waals surface area (Å²) in [5.41, 5.74) is 1.22. The minimum atomic E-state index is -0.972. The Balaban J connectivity index is 1.85. The Bertz CT molecular complexity index is 1130. The molecule has 7 nitrogen and oxygen atoms in total. The number of methoxy groups -OCH3 is 1. The lowest BCUT2D eigenvalue weighted by atomic mass is 10.1. The first-order chi connectivity index (χ1) is 15.8. The number of hydrogen-bond donors (Lipinski definition) is 0. The Labute approximate surface area is 207 Å². The Morgan fingerprint density at radius 1 is 0.758 bits per heavy atom. The van der Waals surface area contributed by atoms with Crippen molar-refractivity contribution in [3.05, 3.63) is 98.2 Å². The third-order valence-corrected chi connectivity index (χ3v) is 5.68. The van der Waals surface area contributed by atoms with Gasteiger partial charge in [-0.25, -0.2) is 19.4 Å². The minimum absolute atomic E-state index is 0.0961. The summed E-state index contributed by atoms with van der Waals surface area (Å²) in [4.78, 5) is 41.2. The molecule has 0 saturated heterocycles. The number of esters is 3. The van der Waals surface area contributed by atoms with Crippen molar-refractivity contribution < 1.29 is 28.6 Å². The zero-order valence-corrected chi connectivity index (χ0v) is 20.8. The highest BCUT2D eigenvalue weighted by Gasteiger charge is 2.28. The van der Waals surface area contributed by atoms with Gasteiger partial charge in [0, 0.05) is 20.7 Å². The maximum atomic E-state index is 12.8. The van der Waals surface area contributed by atoms with Gasteiger partial charge >= 0.3 is 17.9 Å². The summed E-state index contributed by atoms with van der Waals surface area (Å²) in [6, 6.07) is 16.4. The number of carbonyl (C=O) groups excluding carboxylic acids is 3. The van der Waals surface area contributed by atoms with E-state index in [9.17, 15) is 14.4 Å². The topological polar surface area (TPSA) is 91.8 Å². The first kappa shape index (κ1) is 24.6. The van der Waals surface area contributed by atoms with Crippen LogP contribution in [0.4, 0.5) is 0 Å². The largest absolute Gasteiger partial charge is 0.464 e. The molecule has 3 rings (SSSR count). The predicted octanol–water partition coefficient (Wildman–Crippen LogP) is 5.54. The summed E-state index contributed by atoms with van der Waals surface area (Å²) < 4.78 is 17.6. The lowest BCUT2D eigenvalue weighted by molar-refractivity contribution is -0.0313. The van der Waals surface area contributed by atoms with Gasteiger partial charge in [0.25, 0.3) is 0 Å². The predicted molar refractivity (Wildman–Crippen MR) is 127 cm³/mol. The zero-order chi connectivity index (χ0) is 24.0. The molecule has 2 unspecified atom stereocenters. The van der Waals surface area contributed by atoms with Crippen LogP contribution in [-0.2, 0) is 14.2 Å². The smallest absolute Gasteiger partial charge is 0.356 e. The fraction of sp³-hybridized carbons (Fsp3) is 0.167. The van der Waals surface area contributed by atoms with E-state index in [4.69, 9.17) is 9.47 Å². The van der Waals surface area contributed by atoms with Gasteiger partial charge in [-0.1, -0.05) is 37.9 Å². The normalized spacial score (nSPS) is 12.4. The SMILES string of the molecule is COC(=O)c1ccc(C(OC(=O)c2ccc(Br)cc2)C(C)OC(=O)c2ccc(Br)cc2)cn1. The van der Waals surface area contributed by atoms with E-state index in [0.29, 0.717) is 16.7 Å². The van der Waals surface area contributed by atoms with Crippen molar-refractivity contribution in [3.8, 4) is 0 Å². The highest BCUT2D eigenvalue weighted by atomic mass is 79.9. The molecule has 0 radical (unpaired) electrons. The molecule has 0 saturated carbocycles. The molecule has 2 atom stereocenters. The van der Waals surface area contributed by atoms with E-state index >= 15 is 0 Å². The van der Waals surface area contributed by atoms with Gasteiger partial charge in [-0.15, -0.1) is 0 Å². The third-order valence-electron chi connectivity index (χ3n) is 4.62. The molecule has 33 heavy (non-hydrogen) atoms. The van der Waals surface area contributed by atoms with Crippen LogP contribution in [0.2, 0.25) is 0 Å². The van der Waals surface area contributed by atoms with Crippen LogP contribution in [0.15, 0.2) is 75.8 Å². The van der Waals surface area contributed by atoms with Gasteiger partial charge in [-0.3, -0.25) is 0 Å². The van der Waals surface area contributed by atoms with Crippen molar-refractivity contribution in [1.29, 1.82) is 0 Å². The number of rotatable bonds is 7. The number of nitrogens with zero attached hydrogens (tertiary/aromatic N) is 1. The number of halogens is 2. The lowest BCUT2D eigenvalue weighted by Crippen LogP contribution is -2.27. The summed E-state index contributed by atoms with van der Waals surface area (Å²) in [7, 11) is 1.25.